The second kappa shape index (κ2) is 4.65. The third-order valence-corrected chi connectivity index (χ3v) is 3.40. The number of aromatic nitrogens is 1. The third kappa shape index (κ3) is 2.97. The Morgan fingerprint density at radius 1 is 1.29 bits per heavy atom. The highest BCUT2D eigenvalue weighted by Crippen LogP contribution is 2.26. The predicted molar refractivity (Wildman–Crippen MR) is 70.4 cm³/mol. The fourth-order valence-corrected chi connectivity index (χ4v) is 2.15. The first-order valence-corrected chi connectivity index (χ1v) is 6.36. The minimum absolute atomic E-state index is 0.128. The molecule has 2 heterocycles. The predicted octanol–water partition coefficient (Wildman–Crippen LogP) is 2.34. The summed E-state index contributed by atoms with van der Waals surface area (Å²) in [4.78, 5) is 6.71. The van der Waals surface area contributed by atoms with Crippen molar-refractivity contribution < 1.29 is 5.11 Å². The van der Waals surface area contributed by atoms with Crippen LogP contribution in [0, 0.1) is 0 Å². The van der Waals surface area contributed by atoms with Crippen LogP contribution in [0.5, 0.6) is 0 Å². The summed E-state index contributed by atoms with van der Waals surface area (Å²) < 4.78 is 0. The largest absolute Gasteiger partial charge is 0.393 e. The Morgan fingerprint density at radius 3 is 2.53 bits per heavy atom. The Kier molecular flexibility index (Phi) is 3.38. The summed E-state index contributed by atoms with van der Waals surface area (Å²) in [6.45, 7) is 8.45. The first kappa shape index (κ1) is 12.4. The summed E-state index contributed by atoms with van der Waals surface area (Å²) in [6, 6.07) is 4.26. The number of piperidine rings is 1. The van der Waals surface area contributed by atoms with E-state index in [1.165, 1.54) is 5.56 Å². The average Bonchev–Trinajstić information content (AvgIpc) is 2.29. The first-order valence-electron chi connectivity index (χ1n) is 6.36. The standard InChI is InChI=1S/C14H22N2O/c1-14(2,3)11-4-7-15-13(10-11)16-8-5-12(17)6-9-16/h4,7,10,12,17H,5-6,8-9H2,1-3H3. The van der Waals surface area contributed by atoms with Gasteiger partial charge in [0.2, 0.25) is 0 Å². The summed E-state index contributed by atoms with van der Waals surface area (Å²) >= 11 is 0. The minimum atomic E-state index is -0.128. The highest BCUT2D eigenvalue weighted by molar-refractivity contribution is 5.43. The molecule has 1 aromatic rings. The molecule has 3 nitrogen and oxygen atoms in total. The van der Waals surface area contributed by atoms with E-state index in [1.54, 1.807) is 0 Å². The molecule has 1 saturated heterocycles. The van der Waals surface area contributed by atoms with Gasteiger partial charge < -0.3 is 10.0 Å². The Morgan fingerprint density at radius 2 is 1.94 bits per heavy atom. The molecule has 0 radical (unpaired) electrons. The number of hydrogen-bond donors (Lipinski definition) is 1. The molecule has 0 aliphatic carbocycles. The highest BCUT2D eigenvalue weighted by Gasteiger charge is 2.20. The van der Waals surface area contributed by atoms with Gasteiger partial charge in [0.15, 0.2) is 0 Å². The fourth-order valence-electron chi connectivity index (χ4n) is 2.15. The lowest BCUT2D eigenvalue weighted by Gasteiger charge is -2.31. The number of anilines is 1. The molecule has 0 saturated carbocycles. The highest BCUT2D eigenvalue weighted by atomic mass is 16.3. The smallest absolute Gasteiger partial charge is 0.128 e. The zero-order valence-corrected chi connectivity index (χ0v) is 11.0. The van der Waals surface area contributed by atoms with E-state index in [1.807, 2.05) is 6.20 Å². The van der Waals surface area contributed by atoms with Crippen molar-refractivity contribution in [2.45, 2.75) is 45.1 Å². The van der Waals surface area contributed by atoms with E-state index in [-0.39, 0.29) is 11.5 Å². The summed E-state index contributed by atoms with van der Waals surface area (Å²) in [6.07, 6.45) is 3.46. The average molecular weight is 234 g/mol. The van der Waals surface area contributed by atoms with Crippen LogP contribution in [0.4, 0.5) is 5.82 Å². The van der Waals surface area contributed by atoms with Gasteiger partial charge in [-0.25, -0.2) is 4.98 Å². The van der Waals surface area contributed by atoms with Crippen molar-refractivity contribution in [2.24, 2.45) is 0 Å². The van der Waals surface area contributed by atoms with Crippen molar-refractivity contribution in [1.29, 1.82) is 0 Å². The number of aliphatic hydroxyl groups excluding tert-OH is 1. The van der Waals surface area contributed by atoms with E-state index >= 15 is 0 Å². The maximum atomic E-state index is 9.51. The van der Waals surface area contributed by atoms with Gasteiger partial charge >= 0.3 is 0 Å². The van der Waals surface area contributed by atoms with Crippen LogP contribution < -0.4 is 4.90 Å². The maximum Gasteiger partial charge on any atom is 0.128 e. The molecule has 1 fully saturated rings. The molecule has 1 aliphatic heterocycles. The second-order valence-electron chi connectivity index (χ2n) is 5.87. The summed E-state index contributed by atoms with van der Waals surface area (Å²) in [7, 11) is 0. The molecule has 0 spiro atoms. The van der Waals surface area contributed by atoms with Gasteiger partial charge in [-0.05, 0) is 36.0 Å². The van der Waals surface area contributed by atoms with Gasteiger partial charge in [0.25, 0.3) is 0 Å². The molecule has 17 heavy (non-hydrogen) atoms. The van der Waals surface area contributed by atoms with Crippen LogP contribution in [0.3, 0.4) is 0 Å². The molecule has 1 aromatic heterocycles. The Labute approximate surface area is 103 Å². The Bertz CT molecular complexity index is 376. The molecule has 0 amide bonds. The molecule has 0 unspecified atom stereocenters. The lowest BCUT2D eigenvalue weighted by Crippen LogP contribution is -2.36. The van der Waals surface area contributed by atoms with Gasteiger partial charge in [0, 0.05) is 19.3 Å². The van der Waals surface area contributed by atoms with Crippen molar-refractivity contribution in [3.63, 3.8) is 0 Å². The minimum Gasteiger partial charge on any atom is -0.393 e. The van der Waals surface area contributed by atoms with E-state index < -0.39 is 0 Å². The monoisotopic (exact) mass is 234 g/mol. The number of aliphatic hydroxyl groups is 1. The van der Waals surface area contributed by atoms with Crippen LogP contribution >= 0.6 is 0 Å². The molecular weight excluding hydrogens is 212 g/mol. The molecule has 0 atom stereocenters. The van der Waals surface area contributed by atoms with Crippen LogP contribution in [0.1, 0.15) is 39.2 Å². The van der Waals surface area contributed by atoms with E-state index in [2.05, 4.69) is 42.8 Å². The number of rotatable bonds is 1. The number of pyridine rings is 1. The third-order valence-electron chi connectivity index (χ3n) is 3.40. The Hall–Kier alpha value is -1.09. The summed E-state index contributed by atoms with van der Waals surface area (Å²) in [5.41, 5.74) is 1.47. The van der Waals surface area contributed by atoms with Crippen LogP contribution in [-0.4, -0.2) is 29.3 Å². The molecule has 1 N–H and O–H groups in total. The quantitative estimate of drug-likeness (QED) is 0.810. The normalized spacial score (nSPS) is 18.5. The second-order valence-corrected chi connectivity index (χ2v) is 5.87. The summed E-state index contributed by atoms with van der Waals surface area (Å²) in [5.74, 6) is 1.05. The van der Waals surface area contributed by atoms with Gasteiger partial charge in [0.1, 0.15) is 5.82 Å². The number of nitrogens with zero attached hydrogens (tertiary/aromatic N) is 2. The van der Waals surface area contributed by atoms with Crippen molar-refractivity contribution in [3.8, 4) is 0 Å². The van der Waals surface area contributed by atoms with Crippen LogP contribution in [0.2, 0.25) is 0 Å². The van der Waals surface area contributed by atoms with Crippen molar-refractivity contribution >= 4 is 5.82 Å². The van der Waals surface area contributed by atoms with Gasteiger partial charge in [-0.1, -0.05) is 20.8 Å². The molecule has 3 heteroatoms. The van der Waals surface area contributed by atoms with Gasteiger partial charge in [-0.2, -0.15) is 0 Å². The van der Waals surface area contributed by atoms with E-state index in [0.717, 1.165) is 31.7 Å². The van der Waals surface area contributed by atoms with Crippen molar-refractivity contribution in [3.05, 3.63) is 23.9 Å². The van der Waals surface area contributed by atoms with Crippen molar-refractivity contribution in [1.82, 2.24) is 4.98 Å². The lowest BCUT2D eigenvalue weighted by molar-refractivity contribution is 0.145. The molecule has 1 aliphatic rings. The Balaban J connectivity index is 2.16. The first-order chi connectivity index (χ1) is 7.97. The molecule has 94 valence electrons. The zero-order valence-electron chi connectivity index (χ0n) is 11.0. The maximum absolute atomic E-state index is 9.51. The van der Waals surface area contributed by atoms with Gasteiger partial charge in [-0.3, -0.25) is 0 Å². The van der Waals surface area contributed by atoms with Gasteiger partial charge in [0.05, 0.1) is 6.10 Å². The molecule has 0 aromatic carbocycles. The van der Waals surface area contributed by atoms with Gasteiger partial charge in [-0.15, -0.1) is 0 Å². The SMILES string of the molecule is CC(C)(C)c1ccnc(N2CCC(O)CC2)c1. The molecular formula is C14H22N2O. The van der Waals surface area contributed by atoms with Crippen molar-refractivity contribution in [2.75, 3.05) is 18.0 Å². The lowest BCUT2D eigenvalue weighted by atomic mass is 9.87. The number of hydrogen-bond acceptors (Lipinski definition) is 3. The fraction of sp³-hybridized carbons (Fsp3) is 0.643. The summed E-state index contributed by atoms with van der Waals surface area (Å²) in [5, 5.41) is 9.51. The zero-order chi connectivity index (χ0) is 12.5. The van der Waals surface area contributed by atoms with Crippen LogP contribution in [0.15, 0.2) is 18.3 Å². The van der Waals surface area contributed by atoms with E-state index in [9.17, 15) is 5.11 Å². The molecule has 0 bridgehead atoms. The van der Waals surface area contributed by atoms with E-state index in [4.69, 9.17) is 0 Å². The van der Waals surface area contributed by atoms with Crippen LogP contribution in [-0.2, 0) is 5.41 Å². The topological polar surface area (TPSA) is 36.4 Å². The molecule has 2 rings (SSSR count). The van der Waals surface area contributed by atoms with Crippen LogP contribution in [0.25, 0.3) is 0 Å². The van der Waals surface area contributed by atoms with E-state index in [0.29, 0.717) is 0 Å².